The second kappa shape index (κ2) is 10.2. The topological polar surface area (TPSA) is 51.8 Å². The Hall–Kier alpha value is -0.200. The summed E-state index contributed by atoms with van der Waals surface area (Å²) < 4.78 is 17.8. The van der Waals surface area contributed by atoms with Crippen LogP contribution in [0, 0.1) is 11.3 Å². The average molecular weight is 355 g/mol. The Bertz CT molecular complexity index is 378. The van der Waals surface area contributed by atoms with Crippen LogP contribution in [0.3, 0.4) is 0 Å². The van der Waals surface area contributed by atoms with Crippen molar-refractivity contribution >= 4 is 0 Å². The zero-order valence-electron chi connectivity index (χ0n) is 16.1. The van der Waals surface area contributed by atoms with Crippen LogP contribution in [0.4, 0.5) is 0 Å². The van der Waals surface area contributed by atoms with Crippen LogP contribution in [0.1, 0.15) is 57.8 Å². The molecule has 1 aliphatic carbocycles. The molecule has 25 heavy (non-hydrogen) atoms. The van der Waals surface area contributed by atoms with Crippen molar-refractivity contribution in [1.29, 1.82) is 0 Å². The predicted molar refractivity (Wildman–Crippen MR) is 99.7 cm³/mol. The highest BCUT2D eigenvalue weighted by Crippen LogP contribution is 2.32. The second-order valence-corrected chi connectivity index (χ2v) is 8.40. The zero-order valence-corrected chi connectivity index (χ0v) is 16.1. The van der Waals surface area contributed by atoms with Gasteiger partial charge in [0.25, 0.3) is 0 Å². The van der Waals surface area contributed by atoms with Gasteiger partial charge in [-0.15, -0.1) is 0 Å². The van der Waals surface area contributed by atoms with Gasteiger partial charge in [-0.3, -0.25) is 5.32 Å². The van der Waals surface area contributed by atoms with Gasteiger partial charge in [0.2, 0.25) is 0 Å². The highest BCUT2D eigenvalue weighted by Gasteiger charge is 2.36. The minimum absolute atomic E-state index is 0.166. The first kappa shape index (κ1) is 19.6. The number of nitrogens with one attached hydrogen (secondary N) is 2. The fourth-order valence-electron chi connectivity index (χ4n) is 4.83. The van der Waals surface area contributed by atoms with E-state index in [0.717, 1.165) is 71.1 Å². The van der Waals surface area contributed by atoms with Gasteiger partial charge in [-0.2, -0.15) is 0 Å². The van der Waals surface area contributed by atoms with Gasteiger partial charge in [0.15, 0.2) is 0 Å². The molecule has 5 heteroatoms. The van der Waals surface area contributed by atoms with Gasteiger partial charge in [-0.05, 0) is 64.0 Å². The summed E-state index contributed by atoms with van der Waals surface area (Å²) in [7, 11) is 1.83. The molecule has 0 aromatic carbocycles. The summed E-state index contributed by atoms with van der Waals surface area (Å²) in [6.45, 7) is 5.70. The van der Waals surface area contributed by atoms with Crippen LogP contribution >= 0.6 is 0 Å². The first-order valence-corrected chi connectivity index (χ1v) is 10.5. The second-order valence-electron chi connectivity index (χ2n) is 8.40. The van der Waals surface area contributed by atoms with E-state index in [-0.39, 0.29) is 11.6 Å². The van der Waals surface area contributed by atoms with Gasteiger partial charge in [-0.1, -0.05) is 12.8 Å². The number of piperidine rings is 1. The zero-order chi connectivity index (χ0) is 17.4. The van der Waals surface area contributed by atoms with E-state index in [9.17, 15) is 0 Å². The fraction of sp³-hybridized carbons (Fsp3) is 1.00. The van der Waals surface area contributed by atoms with Crippen LogP contribution in [-0.4, -0.2) is 58.9 Å². The third-order valence-corrected chi connectivity index (χ3v) is 6.27. The van der Waals surface area contributed by atoms with Crippen molar-refractivity contribution in [2.24, 2.45) is 11.3 Å². The summed E-state index contributed by atoms with van der Waals surface area (Å²) in [5.41, 5.74) is 0.208. The molecule has 4 unspecified atom stereocenters. The molecule has 2 heterocycles. The van der Waals surface area contributed by atoms with Gasteiger partial charge in [0, 0.05) is 32.3 Å². The Balaban J connectivity index is 1.57. The van der Waals surface area contributed by atoms with E-state index in [0.29, 0.717) is 6.10 Å². The Kier molecular flexibility index (Phi) is 7.99. The lowest BCUT2D eigenvalue weighted by Gasteiger charge is -2.41. The van der Waals surface area contributed by atoms with Crippen LogP contribution in [-0.2, 0) is 14.2 Å². The molecule has 1 saturated carbocycles. The van der Waals surface area contributed by atoms with Crippen molar-refractivity contribution in [2.75, 3.05) is 46.6 Å². The molecule has 4 atom stereocenters. The summed E-state index contributed by atoms with van der Waals surface area (Å²) in [6.07, 6.45) is 11.6. The molecule has 2 aliphatic heterocycles. The van der Waals surface area contributed by atoms with E-state index in [1.807, 2.05) is 7.11 Å². The van der Waals surface area contributed by atoms with Gasteiger partial charge in [-0.25, -0.2) is 0 Å². The molecule has 2 N–H and O–H groups in total. The van der Waals surface area contributed by atoms with E-state index < -0.39 is 0 Å². The van der Waals surface area contributed by atoms with Crippen molar-refractivity contribution in [2.45, 2.75) is 70.1 Å². The predicted octanol–water partition coefficient (Wildman–Crippen LogP) is 2.69. The van der Waals surface area contributed by atoms with Crippen LogP contribution in [0.15, 0.2) is 0 Å². The lowest BCUT2D eigenvalue weighted by molar-refractivity contribution is -0.0565. The monoisotopic (exact) mass is 354 g/mol. The normalized spacial score (nSPS) is 39.0. The maximum Gasteiger partial charge on any atom is 0.108 e. The molecule has 4 bridgehead atoms. The van der Waals surface area contributed by atoms with Gasteiger partial charge >= 0.3 is 0 Å². The van der Waals surface area contributed by atoms with Crippen LogP contribution in [0.25, 0.3) is 0 Å². The molecule has 146 valence electrons. The molecule has 0 spiro atoms. The molecule has 2 saturated heterocycles. The molecular weight excluding hydrogens is 316 g/mol. The number of hydrogen-bond acceptors (Lipinski definition) is 5. The molecule has 0 amide bonds. The summed E-state index contributed by atoms with van der Waals surface area (Å²) in [6, 6.07) is 0. The molecule has 3 fully saturated rings. The van der Waals surface area contributed by atoms with Crippen molar-refractivity contribution < 1.29 is 14.2 Å². The number of hydrogen-bond donors (Lipinski definition) is 2. The molecule has 0 radical (unpaired) electrons. The lowest BCUT2D eigenvalue weighted by atomic mass is 9.78. The smallest absolute Gasteiger partial charge is 0.108 e. The van der Waals surface area contributed by atoms with Crippen molar-refractivity contribution in [3.8, 4) is 0 Å². The minimum Gasteiger partial charge on any atom is -0.384 e. The standard InChI is InChI=1S/C20H38N2O3/c1-23-16-20-8-10-22-19(14-20)25-12-3-2-11-24-18-6-4-5-17(13-18)7-9-21-15-20/h17-19,21-22H,2-16H2,1H3. The highest BCUT2D eigenvalue weighted by molar-refractivity contribution is 4.89. The maximum atomic E-state index is 6.13. The van der Waals surface area contributed by atoms with E-state index in [1.54, 1.807) is 0 Å². The van der Waals surface area contributed by atoms with Crippen molar-refractivity contribution in [3.63, 3.8) is 0 Å². The van der Waals surface area contributed by atoms with Crippen LogP contribution < -0.4 is 10.6 Å². The third kappa shape index (κ3) is 6.17. The fourth-order valence-corrected chi connectivity index (χ4v) is 4.83. The maximum absolute atomic E-state index is 6.13. The lowest BCUT2D eigenvalue weighted by Crippen LogP contribution is -2.51. The van der Waals surface area contributed by atoms with E-state index in [1.165, 1.54) is 32.1 Å². The van der Waals surface area contributed by atoms with Crippen molar-refractivity contribution in [3.05, 3.63) is 0 Å². The van der Waals surface area contributed by atoms with Crippen LogP contribution in [0.5, 0.6) is 0 Å². The van der Waals surface area contributed by atoms with E-state index >= 15 is 0 Å². The third-order valence-electron chi connectivity index (χ3n) is 6.27. The summed E-state index contributed by atoms with van der Waals surface area (Å²) in [4.78, 5) is 0. The number of rotatable bonds is 2. The summed E-state index contributed by atoms with van der Waals surface area (Å²) in [5.74, 6) is 0.835. The molecule has 5 nitrogen and oxygen atoms in total. The van der Waals surface area contributed by atoms with Crippen LogP contribution in [0.2, 0.25) is 0 Å². The molecule has 3 rings (SSSR count). The summed E-state index contributed by atoms with van der Waals surface area (Å²) >= 11 is 0. The highest BCUT2D eigenvalue weighted by atomic mass is 16.5. The largest absolute Gasteiger partial charge is 0.384 e. The molecule has 3 aliphatic rings. The first-order chi connectivity index (χ1) is 12.3. The van der Waals surface area contributed by atoms with E-state index in [4.69, 9.17) is 14.2 Å². The Labute approximate surface area is 153 Å². The van der Waals surface area contributed by atoms with Crippen molar-refractivity contribution in [1.82, 2.24) is 10.6 Å². The minimum atomic E-state index is 0.166. The van der Waals surface area contributed by atoms with Gasteiger partial charge in [0.05, 0.1) is 12.7 Å². The Morgan fingerprint density at radius 3 is 2.80 bits per heavy atom. The number of fused-ring (bicyclic) bond motifs is 4. The number of ether oxygens (including phenoxy) is 3. The molecular formula is C20H38N2O3. The Morgan fingerprint density at radius 1 is 1.04 bits per heavy atom. The first-order valence-electron chi connectivity index (χ1n) is 10.5. The van der Waals surface area contributed by atoms with Gasteiger partial charge < -0.3 is 19.5 Å². The molecule has 0 aromatic rings. The Morgan fingerprint density at radius 2 is 1.92 bits per heavy atom. The van der Waals surface area contributed by atoms with Gasteiger partial charge in [0.1, 0.15) is 6.23 Å². The van der Waals surface area contributed by atoms with E-state index in [2.05, 4.69) is 10.6 Å². The molecule has 0 aromatic heterocycles. The SMILES string of the molecule is COCC12CCNC(C1)OCCCCOC1CCCC(CCNC2)C1. The average Bonchev–Trinajstić information content (AvgIpc) is 2.62. The summed E-state index contributed by atoms with van der Waals surface area (Å²) in [5, 5.41) is 7.28. The quantitative estimate of drug-likeness (QED) is 0.798. The number of methoxy groups -OCH3 is 1.